The Labute approximate surface area is 150 Å². The minimum absolute atomic E-state index is 0.0465. The normalized spacial score (nSPS) is 33.8. The van der Waals surface area contributed by atoms with Gasteiger partial charge in [-0.2, -0.15) is 0 Å². The van der Waals surface area contributed by atoms with Crippen LogP contribution in [-0.2, 0) is 14.4 Å². The predicted molar refractivity (Wildman–Crippen MR) is 91.7 cm³/mol. The Morgan fingerprint density at radius 1 is 1.08 bits per heavy atom. The molecular weight excluding hydrogens is 342 g/mol. The third-order valence-electron chi connectivity index (χ3n) is 6.15. The highest BCUT2D eigenvalue weighted by Gasteiger charge is 2.74. The molecule has 1 heterocycles. The van der Waals surface area contributed by atoms with Gasteiger partial charge in [0, 0.05) is 19.1 Å². The van der Waals surface area contributed by atoms with Gasteiger partial charge < -0.3 is 10.6 Å². The molecule has 0 unspecified atom stereocenters. The fourth-order valence-corrected chi connectivity index (χ4v) is 5.50. The van der Waals surface area contributed by atoms with E-state index in [1.165, 1.54) is 17.7 Å². The third-order valence-corrected chi connectivity index (χ3v) is 7.00. The fraction of sp³-hybridized carbons (Fsp3) is 0.765. The summed E-state index contributed by atoms with van der Waals surface area (Å²) >= 11 is 0.997. The maximum Gasteiger partial charge on any atom is 0.288 e. The summed E-state index contributed by atoms with van der Waals surface area (Å²) in [5.41, 5.74) is -0.724. The van der Waals surface area contributed by atoms with Crippen LogP contribution < -0.4 is 10.6 Å². The van der Waals surface area contributed by atoms with Crippen molar-refractivity contribution in [2.24, 2.45) is 10.8 Å². The number of carbonyl (C=O) groups is 4. The van der Waals surface area contributed by atoms with E-state index < -0.39 is 5.41 Å². The first-order chi connectivity index (χ1) is 11.9. The zero-order valence-electron chi connectivity index (χ0n) is 14.1. The summed E-state index contributed by atoms with van der Waals surface area (Å²) in [6, 6.07) is 0.319. The number of nitrogens with one attached hydrogen (secondary N) is 2. The minimum Gasteiger partial charge on any atom is -0.354 e. The van der Waals surface area contributed by atoms with Crippen molar-refractivity contribution in [3.63, 3.8) is 0 Å². The number of amides is 4. The van der Waals surface area contributed by atoms with Gasteiger partial charge in [-0.05, 0) is 32.1 Å². The van der Waals surface area contributed by atoms with Gasteiger partial charge in [-0.1, -0.05) is 24.6 Å². The molecule has 0 spiro atoms. The van der Waals surface area contributed by atoms with E-state index in [2.05, 4.69) is 10.6 Å². The molecule has 5 aliphatic rings. The van der Waals surface area contributed by atoms with Crippen LogP contribution in [0.2, 0.25) is 0 Å². The largest absolute Gasteiger partial charge is 0.354 e. The second-order valence-corrected chi connectivity index (χ2v) is 8.83. The van der Waals surface area contributed by atoms with Gasteiger partial charge in [0.1, 0.15) is 0 Å². The van der Waals surface area contributed by atoms with E-state index in [4.69, 9.17) is 0 Å². The lowest BCUT2D eigenvalue weighted by Crippen LogP contribution is -2.72. The van der Waals surface area contributed by atoms with Crippen molar-refractivity contribution in [3.05, 3.63) is 0 Å². The lowest BCUT2D eigenvalue weighted by Gasteiger charge is -2.67. The first kappa shape index (κ1) is 16.9. The fourth-order valence-electron chi connectivity index (χ4n) is 4.74. The van der Waals surface area contributed by atoms with Crippen LogP contribution >= 0.6 is 11.8 Å². The van der Waals surface area contributed by atoms with Gasteiger partial charge in [0.05, 0.1) is 16.6 Å². The van der Waals surface area contributed by atoms with Gasteiger partial charge in [-0.25, -0.2) is 0 Å². The highest BCUT2D eigenvalue weighted by molar-refractivity contribution is 8.14. The predicted octanol–water partition coefficient (Wildman–Crippen LogP) is 1.03. The Morgan fingerprint density at radius 3 is 2.32 bits per heavy atom. The van der Waals surface area contributed by atoms with Crippen LogP contribution in [0.1, 0.15) is 44.9 Å². The average molecular weight is 365 g/mol. The van der Waals surface area contributed by atoms with Crippen LogP contribution in [0.5, 0.6) is 0 Å². The molecule has 1 aliphatic heterocycles. The first-order valence-electron chi connectivity index (χ1n) is 9.01. The van der Waals surface area contributed by atoms with Crippen molar-refractivity contribution >= 4 is 34.7 Å². The molecule has 2 bridgehead atoms. The molecule has 1 saturated heterocycles. The molecule has 0 aromatic carbocycles. The summed E-state index contributed by atoms with van der Waals surface area (Å²) in [5.74, 6) is 0.0708. The summed E-state index contributed by atoms with van der Waals surface area (Å²) in [4.78, 5) is 49.0. The summed E-state index contributed by atoms with van der Waals surface area (Å²) in [7, 11) is 0. The standard InChI is InChI=1S/C17H23N3O4S/c21-12-7-25-15(24)20(12)6-5-18-13(22)16-8-17(9-16,10-16)14(23)19-11-3-1-2-4-11/h11H,1-10H2,(H,18,22)(H,19,23). The summed E-state index contributed by atoms with van der Waals surface area (Å²) in [6.45, 7) is 0.500. The molecule has 4 saturated carbocycles. The molecule has 136 valence electrons. The molecule has 0 aromatic rings. The van der Waals surface area contributed by atoms with Crippen LogP contribution in [0.15, 0.2) is 0 Å². The van der Waals surface area contributed by atoms with E-state index in [9.17, 15) is 19.2 Å². The van der Waals surface area contributed by atoms with Gasteiger partial charge in [0.2, 0.25) is 17.7 Å². The Morgan fingerprint density at radius 2 is 1.72 bits per heavy atom. The first-order valence-corrected chi connectivity index (χ1v) is 9.99. The molecule has 0 atom stereocenters. The number of thioether (sulfide) groups is 1. The Bertz CT molecular complexity index is 608. The molecule has 2 N–H and O–H groups in total. The second kappa shape index (κ2) is 6.00. The van der Waals surface area contributed by atoms with Crippen LogP contribution in [0.3, 0.4) is 0 Å². The van der Waals surface area contributed by atoms with Crippen molar-refractivity contribution in [2.75, 3.05) is 18.8 Å². The van der Waals surface area contributed by atoms with Gasteiger partial charge in [0.15, 0.2) is 0 Å². The summed E-state index contributed by atoms with van der Waals surface area (Å²) < 4.78 is 0. The second-order valence-electron chi connectivity index (χ2n) is 7.90. The van der Waals surface area contributed by atoms with Crippen molar-refractivity contribution in [3.8, 4) is 0 Å². The zero-order chi connectivity index (χ0) is 17.7. The zero-order valence-corrected chi connectivity index (χ0v) is 15.0. The lowest BCUT2D eigenvalue weighted by molar-refractivity contribution is -0.209. The third kappa shape index (κ3) is 2.74. The number of rotatable bonds is 6. The average Bonchev–Trinajstić information content (AvgIpc) is 3.09. The summed E-state index contributed by atoms with van der Waals surface area (Å²) in [5, 5.41) is 5.74. The topological polar surface area (TPSA) is 95.6 Å². The molecular formula is C17H23N3O4S. The SMILES string of the molecule is O=C1CSC(=O)N1CCNC(=O)C12CC(C(=O)NC3CCCC3)(C1)C2. The quantitative estimate of drug-likeness (QED) is 0.733. The Kier molecular flexibility index (Phi) is 4.05. The van der Waals surface area contributed by atoms with E-state index in [0.29, 0.717) is 25.3 Å². The van der Waals surface area contributed by atoms with Crippen LogP contribution in [0.4, 0.5) is 4.79 Å². The van der Waals surface area contributed by atoms with Crippen molar-refractivity contribution < 1.29 is 19.2 Å². The number of carbonyl (C=O) groups excluding carboxylic acids is 4. The Hall–Kier alpha value is -1.57. The molecule has 0 aromatic heterocycles. The Balaban J connectivity index is 1.21. The maximum atomic E-state index is 12.4. The summed E-state index contributed by atoms with van der Waals surface area (Å²) in [6.07, 6.45) is 6.39. The molecule has 8 heteroatoms. The monoisotopic (exact) mass is 365 g/mol. The van der Waals surface area contributed by atoms with Gasteiger partial charge in [-0.15, -0.1) is 0 Å². The van der Waals surface area contributed by atoms with E-state index in [1.54, 1.807) is 0 Å². The molecule has 4 aliphatic carbocycles. The van der Waals surface area contributed by atoms with Gasteiger partial charge in [0.25, 0.3) is 5.24 Å². The van der Waals surface area contributed by atoms with Crippen molar-refractivity contribution in [2.45, 2.75) is 51.0 Å². The number of hydrogen-bond acceptors (Lipinski definition) is 5. The molecule has 4 amide bonds. The van der Waals surface area contributed by atoms with E-state index in [0.717, 1.165) is 24.6 Å². The van der Waals surface area contributed by atoms with E-state index >= 15 is 0 Å². The smallest absolute Gasteiger partial charge is 0.288 e. The molecule has 5 fully saturated rings. The van der Waals surface area contributed by atoms with Crippen LogP contribution in [0, 0.1) is 10.8 Å². The number of hydrogen-bond donors (Lipinski definition) is 2. The lowest BCUT2D eigenvalue weighted by atomic mass is 9.34. The highest BCUT2D eigenvalue weighted by atomic mass is 32.2. The minimum atomic E-state index is -0.402. The molecule has 5 rings (SSSR count). The van der Waals surface area contributed by atoms with Crippen molar-refractivity contribution in [1.82, 2.24) is 15.5 Å². The van der Waals surface area contributed by atoms with Crippen LogP contribution in [0.25, 0.3) is 0 Å². The van der Waals surface area contributed by atoms with Crippen molar-refractivity contribution in [1.29, 1.82) is 0 Å². The van der Waals surface area contributed by atoms with E-state index in [-0.39, 0.29) is 47.2 Å². The van der Waals surface area contributed by atoms with Gasteiger partial charge >= 0.3 is 0 Å². The molecule has 0 radical (unpaired) electrons. The number of imide groups is 1. The number of nitrogens with zero attached hydrogens (tertiary/aromatic N) is 1. The highest BCUT2D eigenvalue weighted by Crippen LogP contribution is 2.73. The van der Waals surface area contributed by atoms with Crippen LogP contribution in [-0.4, -0.2) is 52.7 Å². The van der Waals surface area contributed by atoms with Gasteiger partial charge in [-0.3, -0.25) is 24.1 Å². The molecule has 25 heavy (non-hydrogen) atoms. The molecule has 7 nitrogen and oxygen atoms in total. The van der Waals surface area contributed by atoms with E-state index in [1.807, 2.05) is 0 Å². The maximum absolute atomic E-state index is 12.4.